The summed E-state index contributed by atoms with van der Waals surface area (Å²) in [5.74, 6) is 1.16. The number of hydrogen-bond donors (Lipinski definition) is 1. The molecule has 2 nitrogen and oxygen atoms in total. The van der Waals surface area contributed by atoms with Crippen molar-refractivity contribution in [3.8, 4) is 0 Å². The van der Waals surface area contributed by atoms with Gasteiger partial charge in [-0.25, -0.2) is 0 Å². The molecular formula is C18H28ClNO. The molecule has 0 amide bonds. The first-order valence-electron chi connectivity index (χ1n) is 8.09. The lowest BCUT2D eigenvalue weighted by Gasteiger charge is -2.18. The second kappa shape index (κ2) is 9.86. The van der Waals surface area contributed by atoms with Crippen molar-refractivity contribution >= 4 is 5.76 Å². The Bertz CT molecular complexity index is 418. The van der Waals surface area contributed by atoms with Gasteiger partial charge in [-0.05, 0) is 45.1 Å². The van der Waals surface area contributed by atoms with Gasteiger partial charge in [-0.1, -0.05) is 30.3 Å². The molecule has 1 fully saturated rings. The van der Waals surface area contributed by atoms with Gasteiger partial charge in [0.15, 0.2) is 0 Å². The van der Waals surface area contributed by atoms with E-state index >= 15 is 0 Å². The number of halogens is 1. The van der Waals surface area contributed by atoms with E-state index < -0.39 is 0 Å². The molecule has 0 atom stereocenters. The lowest BCUT2D eigenvalue weighted by atomic mass is 10.1. The third kappa shape index (κ3) is 5.37. The Hall–Kier alpha value is -0.990. The summed E-state index contributed by atoms with van der Waals surface area (Å²) in [4.78, 5) is 1.61. The second-order valence-electron chi connectivity index (χ2n) is 5.56. The van der Waals surface area contributed by atoms with Gasteiger partial charge < -0.3 is 22.0 Å². The van der Waals surface area contributed by atoms with Gasteiger partial charge in [-0.2, -0.15) is 0 Å². The zero-order chi connectivity index (χ0) is 14.2. The predicted octanol–water partition coefficient (Wildman–Crippen LogP) is -0.0830. The van der Waals surface area contributed by atoms with Crippen molar-refractivity contribution in [2.75, 3.05) is 26.2 Å². The molecule has 1 saturated carbocycles. The normalized spacial score (nSPS) is 14.1. The lowest BCUT2D eigenvalue weighted by Crippen LogP contribution is -3.11. The van der Waals surface area contributed by atoms with E-state index in [9.17, 15) is 0 Å². The summed E-state index contributed by atoms with van der Waals surface area (Å²) < 4.78 is 6.21. The van der Waals surface area contributed by atoms with Crippen LogP contribution in [0.2, 0.25) is 0 Å². The van der Waals surface area contributed by atoms with E-state index in [0.29, 0.717) is 0 Å². The van der Waals surface area contributed by atoms with Crippen LogP contribution in [0.4, 0.5) is 0 Å². The highest BCUT2D eigenvalue weighted by molar-refractivity contribution is 5.63. The predicted molar refractivity (Wildman–Crippen MR) is 84.7 cm³/mol. The first-order chi connectivity index (χ1) is 9.85. The van der Waals surface area contributed by atoms with Crippen molar-refractivity contribution in [3.63, 3.8) is 0 Å². The Labute approximate surface area is 135 Å². The minimum Gasteiger partial charge on any atom is -1.00 e. The Morgan fingerprint density at radius 2 is 1.67 bits per heavy atom. The fraction of sp³-hybridized carbons (Fsp3) is 0.556. The lowest BCUT2D eigenvalue weighted by molar-refractivity contribution is -0.896. The van der Waals surface area contributed by atoms with Crippen LogP contribution in [0.3, 0.4) is 0 Å². The van der Waals surface area contributed by atoms with Crippen LogP contribution in [-0.2, 0) is 4.74 Å². The first kappa shape index (κ1) is 18.1. The third-order valence-corrected chi connectivity index (χ3v) is 4.27. The van der Waals surface area contributed by atoms with Crippen LogP contribution in [0.15, 0.2) is 35.9 Å². The molecule has 0 radical (unpaired) electrons. The Balaban J connectivity index is 0.00000220. The van der Waals surface area contributed by atoms with Gasteiger partial charge in [0.25, 0.3) is 0 Å². The van der Waals surface area contributed by atoms with E-state index in [0.717, 1.165) is 18.9 Å². The van der Waals surface area contributed by atoms with E-state index in [1.807, 2.05) is 0 Å². The monoisotopic (exact) mass is 309 g/mol. The summed E-state index contributed by atoms with van der Waals surface area (Å²) in [7, 11) is 0. The number of allylic oxidation sites excluding steroid dienone is 1. The Kier molecular flexibility index (Phi) is 8.48. The van der Waals surface area contributed by atoms with Crippen LogP contribution < -0.4 is 17.3 Å². The standard InChI is InChI=1S/C18H27NO.ClH/c1-3-19(4-2)14-15-20-18(17-12-8-9-13-17)16-10-6-5-7-11-16;/h5-7,10-11H,3-4,8-9,12-15H2,1-2H3;1H. The average molecular weight is 310 g/mol. The molecule has 1 aliphatic carbocycles. The third-order valence-electron chi connectivity index (χ3n) is 4.27. The average Bonchev–Trinajstić information content (AvgIpc) is 3.02. The van der Waals surface area contributed by atoms with Crippen LogP contribution >= 0.6 is 0 Å². The van der Waals surface area contributed by atoms with Gasteiger partial charge in [0.2, 0.25) is 0 Å². The van der Waals surface area contributed by atoms with Crippen LogP contribution in [-0.4, -0.2) is 26.2 Å². The molecule has 2 rings (SSSR count). The summed E-state index contributed by atoms with van der Waals surface area (Å²) in [6, 6.07) is 10.6. The van der Waals surface area contributed by atoms with E-state index in [-0.39, 0.29) is 12.4 Å². The number of ether oxygens (including phenoxy) is 1. The summed E-state index contributed by atoms with van der Waals surface area (Å²) in [5.41, 5.74) is 2.77. The van der Waals surface area contributed by atoms with Crippen molar-refractivity contribution < 1.29 is 22.0 Å². The zero-order valence-corrected chi connectivity index (χ0v) is 14.1. The number of benzene rings is 1. The summed E-state index contributed by atoms with van der Waals surface area (Å²) in [5, 5.41) is 0. The van der Waals surface area contributed by atoms with Crippen LogP contribution in [0.1, 0.15) is 45.1 Å². The van der Waals surface area contributed by atoms with Gasteiger partial charge in [-0.15, -0.1) is 0 Å². The van der Waals surface area contributed by atoms with Crippen molar-refractivity contribution in [2.45, 2.75) is 39.5 Å². The van der Waals surface area contributed by atoms with Crippen molar-refractivity contribution in [2.24, 2.45) is 0 Å². The molecule has 1 aromatic carbocycles. The van der Waals surface area contributed by atoms with Crippen LogP contribution in [0.25, 0.3) is 5.76 Å². The van der Waals surface area contributed by atoms with E-state index in [1.165, 1.54) is 49.9 Å². The minimum atomic E-state index is 0. The maximum atomic E-state index is 6.21. The highest BCUT2D eigenvalue weighted by Crippen LogP contribution is 2.32. The number of likely N-dealkylation sites (N-methyl/N-ethyl adjacent to an activating group) is 1. The summed E-state index contributed by atoms with van der Waals surface area (Å²) in [6.07, 6.45) is 5.05. The molecule has 1 aliphatic rings. The van der Waals surface area contributed by atoms with Crippen LogP contribution in [0.5, 0.6) is 0 Å². The molecule has 1 aromatic rings. The van der Waals surface area contributed by atoms with E-state index in [1.54, 1.807) is 4.90 Å². The first-order valence-corrected chi connectivity index (χ1v) is 8.09. The molecular weight excluding hydrogens is 282 g/mol. The molecule has 1 N–H and O–H groups in total. The summed E-state index contributed by atoms with van der Waals surface area (Å²) in [6.45, 7) is 8.76. The highest BCUT2D eigenvalue weighted by atomic mass is 35.5. The molecule has 118 valence electrons. The van der Waals surface area contributed by atoms with E-state index in [2.05, 4.69) is 44.2 Å². The number of rotatable bonds is 7. The van der Waals surface area contributed by atoms with E-state index in [4.69, 9.17) is 4.74 Å². The largest absolute Gasteiger partial charge is 1.00 e. The highest BCUT2D eigenvalue weighted by Gasteiger charge is 2.16. The number of quaternary nitrogens is 1. The quantitative estimate of drug-likeness (QED) is 0.696. The molecule has 0 bridgehead atoms. The topological polar surface area (TPSA) is 13.7 Å². The van der Waals surface area contributed by atoms with Crippen molar-refractivity contribution in [3.05, 3.63) is 41.5 Å². The molecule has 0 aromatic heterocycles. The Morgan fingerprint density at radius 1 is 1.05 bits per heavy atom. The molecule has 0 heterocycles. The van der Waals surface area contributed by atoms with Crippen LogP contribution in [0, 0.1) is 0 Å². The minimum absolute atomic E-state index is 0. The smallest absolute Gasteiger partial charge is 0.137 e. The summed E-state index contributed by atoms with van der Waals surface area (Å²) >= 11 is 0. The molecule has 0 saturated heterocycles. The Morgan fingerprint density at radius 3 is 2.24 bits per heavy atom. The molecule has 0 unspecified atom stereocenters. The number of nitrogens with one attached hydrogen (secondary N) is 1. The van der Waals surface area contributed by atoms with Gasteiger partial charge >= 0.3 is 0 Å². The SMILES string of the molecule is CC[NH+](CC)CCOC(=C1CCCC1)c1ccccc1.[Cl-]. The maximum Gasteiger partial charge on any atom is 0.137 e. The fourth-order valence-electron chi connectivity index (χ4n) is 2.91. The maximum absolute atomic E-state index is 6.21. The fourth-order valence-corrected chi connectivity index (χ4v) is 2.91. The number of hydrogen-bond acceptors (Lipinski definition) is 1. The molecule has 3 heteroatoms. The van der Waals surface area contributed by atoms with Gasteiger partial charge in [-0.3, -0.25) is 0 Å². The molecule has 21 heavy (non-hydrogen) atoms. The van der Waals surface area contributed by atoms with Gasteiger partial charge in [0.05, 0.1) is 13.1 Å². The van der Waals surface area contributed by atoms with Gasteiger partial charge in [0.1, 0.15) is 18.9 Å². The second-order valence-corrected chi connectivity index (χ2v) is 5.56. The zero-order valence-electron chi connectivity index (χ0n) is 13.3. The van der Waals surface area contributed by atoms with Gasteiger partial charge in [0, 0.05) is 5.56 Å². The van der Waals surface area contributed by atoms with Crippen molar-refractivity contribution in [1.29, 1.82) is 0 Å². The molecule has 0 spiro atoms. The van der Waals surface area contributed by atoms with Crippen molar-refractivity contribution in [1.82, 2.24) is 0 Å². The molecule has 0 aliphatic heterocycles.